The van der Waals surface area contributed by atoms with Crippen LogP contribution in [0.1, 0.15) is 5.56 Å². The third-order valence-electron chi connectivity index (χ3n) is 4.06. The number of nitrogens with zero attached hydrogens (tertiary/aromatic N) is 1. The van der Waals surface area contributed by atoms with E-state index < -0.39 is 0 Å². The van der Waals surface area contributed by atoms with Crippen LogP contribution in [0.25, 0.3) is 10.9 Å². The number of amides is 2. The molecule has 3 rings (SSSR count). The summed E-state index contributed by atoms with van der Waals surface area (Å²) < 4.78 is 18.7. The average Bonchev–Trinajstić information content (AvgIpc) is 2.71. The molecule has 0 saturated carbocycles. The van der Waals surface area contributed by atoms with Crippen LogP contribution in [-0.2, 0) is 16.0 Å². The fourth-order valence-corrected chi connectivity index (χ4v) is 2.94. The molecule has 0 aliphatic heterocycles. The van der Waals surface area contributed by atoms with E-state index >= 15 is 0 Å². The first-order chi connectivity index (χ1) is 14.0. The second kappa shape index (κ2) is 9.84. The zero-order valence-corrected chi connectivity index (χ0v) is 16.2. The van der Waals surface area contributed by atoms with Crippen LogP contribution in [-0.4, -0.2) is 36.5 Å². The molecule has 150 valence electrons. The Morgan fingerprint density at radius 2 is 1.83 bits per heavy atom. The molecule has 1 heterocycles. The first-order valence-corrected chi connectivity index (χ1v) is 9.34. The highest BCUT2D eigenvalue weighted by Crippen LogP contribution is 2.29. The summed E-state index contributed by atoms with van der Waals surface area (Å²) in [5, 5.41) is 6.62. The number of rotatable bonds is 8. The molecule has 8 heteroatoms. The summed E-state index contributed by atoms with van der Waals surface area (Å²) in [5.74, 6) is -0.502. The summed E-state index contributed by atoms with van der Waals surface area (Å²) in [6, 6.07) is 12.8. The number of pyridine rings is 1. The number of carbonyl (C=O) groups excluding carboxylic acids is 2. The van der Waals surface area contributed by atoms with Gasteiger partial charge >= 0.3 is 0 Å². The van der Waals surface area contributed by atoms with Crippen molar-refractivity contribution in [2.75, 3.05) is 19.7 Å². The van der Waals surface area contributed by atoms with Gasteiger partial charge in [0.15, 0.2) is 6.61 Å². The van der Waals surface area contributed by atoms with Crippen molar-refractivity contribution in [1.82, 2.24) is 15.6 Å². The topological polar surface area (TPSA) is 80.3 Å². The van der Waals surface area contributed by atoms with Crippen LogP contribution >= 0.6 is 11.6 Å². The summed E-state index contributed by atoms with van der Waals surface area (Å²) in [6.45, 7) is 0.312. The lowest BCUT2D eigenvalue weighted by molar-refractivity contribution is -0.124. The van der Waals surface area contributed by atoms with E-state index in [2.05, 4.69) is 15.6 Å². The molecule has 0 saturated heterocycles. The number of benzene rings is 2. The molecule has 0 aliphatic carbocycles. The van der Waals surface area contributed by atoms with Gasteiger partial charge in [-0.15, -0.1) is 0 Å². The lowest BCUT2D eigenvalue weighted by Crippen LogP contribution is -2.37. The van der Waals surface area contributed by atoms with Gasteiger partial charge in [0.1, 0.15) is 17.1 Å². The van der Waals surface area contributed by atoms with Crippen LogP contribution in [0.15, 0.2) is 54.7 Å². The average molecular weight is 416 g/mol. The highest BCUT2D eigenvalue weighted by Gasteiger charge is 2.09. The lowest BCUT2D eigenvalue weighted by Gasteiger charge is -2.10. The van der Waals surface area contributed by atoms with Gasteiger partial charge in [0.05, 0.1) is 11.4 Å². The van der Waals surface area contributed by atoms with Crippen LogP contribution in [0.4, 0.5) is 4.39 Å². The highest BCUT2D eigenvalue weighted by atomic mass is 35.5. The quantitative estimate of drug-likeness (QED) is 0.554. The highest BCUT2D eigenvalue weighted by molar-refractivity contribution is 6.35. The van der Waals surface area contributed by atoms with Crippen molar-refractivity contribution in [2.45, 2.75) is 6.42 Å². The second-order valence-electron chi connectivity index (χ2n) is 6.24. The molecule has 2 N–H and O–H groups in total. The third kappa shape index (κ3) is 5.89. The molecule has 6 nitrogen and oxygen atoms in total. The number of ether oxygens (including phenoxy) is 1. The van der Waals surface area contributed by atoms with E-state index in [9.17, 15) is 14.0 Å². The van der Waals surface area contributed by atoms with Gasteiger partial charge < -0.3 is 15.4 Å². The monoisotopic (exact) mass is 415 g/mol. The van der Waals surface area contributed by atoms with Gasteiger partial charge in [0.25, 0.3) is 5.91 Å². The molecule has 0 fully saturated rings. The molecule has 0 atom stereocenters. The maximum absolute atomic E-state index is 13.1. The fourth-order valence-electron chi connectivity index (χ4n) is 2.72. The van der Waals surface area contributed by atoms with E-state index in [4.69, 9.17) is 16.3 Å². The van der Waals surface area contributed by atoms with Gasteiger partial charge in [-0.3, -0.25) is 14.6 Å². The van der Waals surface area contributed by atoms with Crippen molar-refractivity contribution in [2.24, 2.45) is 0 Å². The number of nitrogens with one attached hydrogen (secondary N) is 2. The van der Waals surface area contributed by atoms with E-state index in [1.807, 2.05) is 6.07 Å². The molecule has 0 radical (unpaired) electrons. The first-order valence-electron chi connectivity index (χ1n) is 8.97. The number of carbonyl (C=O) groups is 2. The van der Waals surface area contributed by atoms with E-state index in [0.717, 1.165) is 5.39 Å². The van der Waals surface area contributed by atoms with Gasteiger partial charge in [-0.05, 0) is 42.0 Å². The molecule has 2 aromatic carbocycles. The standard InChI is InChI=1S/C21H19ClFN3O3/c22-17-6-7-18(21-16(17)5-2-8-26-21)29-13-20(28)25-10-9-24-19(27)12-14-3-1-4-15(23)11-14/h1-8,11H,9-10,12-13H2,(H,24,27)(H,25,28). The Hall–Kier alpha value is -3.19. The molecular weight excluding hydrogens is 397 g/mol. The van der Waals surface area contributed by atoms with E-state index in [1.165, 1.54) is 12.1 Å². The van der Waals surface area contributed by atoms with Gasteiger partial charge in [-0.1, -0.05) is 23.7 Å². The summed E-state index contributed by atoms with van der Waals surface area (Å²) in [6.07, 6.45) is 1.70. The van der Waals surface area contributed by atoms with Crippen molar-refractivity contribution >= 4 is 34.3 Å². The SMILES string of the molecule is O=C(COc1ccc(Cl)c2cccnc12)NCCNC(=O)Cc1cccc(F)c1. The number of hydrogen-bond acceptors (Lipinski definition) is 4. The summed E-state index contributed by atoms with van der Waals surface area (Å²) >= 11 is 6.13. The summed E-state index contributed by atoms with van der Waals surface area (Å²) in [7, 11) is 0. The van der Waals surface area contributed by atoms with Crippen LogP contribution in [0.2, 0.25) is 5.02 Å². The number of aromatic nitrogens is 1. The van der Waals surface area contributed by atoms with Gasteiger partial charge in [0.2, 0.25) is 5.91 Å². The van der Waals surface area contributed by atoms with Crippen molar-refractivity contribution in [3.05, 3.63) is 71.1 Å². The molecule has 1 aromatic heterocycles. The predicted octanol–water partition coefficient (Wildman–Crippen LogP) is 2.88. The van der Waals surface area contributed by atoms with Crippen LogP contribution in [0, 0.1) is 5.82 Å². The largest absolute Gasteiger partial charge is 0.481 e. The molecule has 2 amide bonds. The van der Waals surface area contributed by atoms with Crippen molar-refractivity contribution < 1.29 is 18.7 Å². The number of halogens is 2. The Kier molecular flexibility index (Phi) is 6.97. The van der Waals surface area contributed by atoms with Gasteiger partial charge in [0, 0.05) is 24.7 Å². The maximum atomic E-state index is 13.1. The van der Waals surface area contributed by atoms with Crippen molar-refractivity contribution in [3.8, 4) is 5.75 Å². The summed E-state index contributed by atoms with van der Waals surface area (Å²) in [4.78, 5) is 28.0. The predicted molar refractivity (Wildman–Crippen MR) is 108 cm³/mol. The van der Waals surface area contributed by atoms with Crippen molar-refractivity contribution in [1.29, 1.82) is 0 Å². The third-order valence-corrected chi connectivity index (χ3v) is 4.39. The Labute approximate surface area is 172 Å². The Bertz CT molecular complexity index is 1030. The Balaban J connectivity index is 1.40. The first kappa shape index (κ1) is 20.5. The summed E-state index contributed by atoms with van der Waals surface area (Å²) in [5.41, 5.74) is 1.17. The number of hydrogen-bond donors (Lipinski definition) is 2. The van der Waals surface area contributed by atoms with Crippen LogP contribution < -0.4 is 15.4 Å². The number of fused-ring (bicyclic) bond motifs is 1. The minimum Gasteiger partial charge on any atom is -0.481 e. The Morgan fingerprint density at radius 3 is 2.62 bits per heavy atom. The molecule has 0 unspecified atom stereocenters. The van der Waals surface area contributed by atoms with E-state index in [1.54, 1.807) is 36.5 Å². The molecule has 0 aliphatic rings. The second-order valence-corrected chi connectivity index (χ2v) is 6.65. The normalized spacial score (nSPS) is 10.6. The van der Waals surface area contributed by atoms with Crippen molar-refractivity contribution in [3.63, 3.8) is 0 Å². The zero-order valence-electron chi connectivity index (χ0n) is 15.5. The maximum Gasteiger partial charge on any atom is 0.258 e. The lowest BCUT2D eigenvalue weighted by atomic mass is 10.1. The van der Waals surface area contributed by atoms with Gasteiger partial charge in [-0.2, -0.15) is 0 Å². The molecule has 0 spiro atoms. The zero-order chi connectivity index (χ0) is 20.6. The van der Waals surface area contributed by atoms with E-state index in [0.29, 0.717) is 21.9 Å². The molecular formula is C21H19ClFN3O3. The molecule has 3 aromatic rings. The Morgan fingerprint density at radius 1 is 1.03 bits per heavy atom. The minimum atomic E-state index is -0.383. The minimum absolute atomic E-state index is 0.0749. The fraction of sp³-hybridized carbons (Fsp3) is 0.190. The van der Waals surface area contributed by atoms with Crippen LogP contribution in [0.3, 0.4) is 0 Å². The molecule has 29 heavy (non-hydrogen) atoms. The van der Waals surface area contributed by atoms with Crippen LogP contribution in [0.5, 0.6) is 5.75 Å². The smallest absolute Gasteiger partial charge is 0.258 e. The molecule has 0 bridgehead atoms. The van der Waals surface area contributed by atoms with E-state index in [-0.39, 0.29) is 43.7 Å². The van der Waals surface area contributed by atoms with Gasteiger partial charge in [-0.25, -0.2) is 4.39 Å².